The van der Waals surface area contributed by atoms with Crippen LogP contribution >= 0.6 is 11.3 Å². The van der Waals surface area contributed by atoms with Gasteiger partial charge in [-0.1, -0.05) is 43.4 Å². The van der Waals surface area contributed by atoms with Crippen LogP contribution in [0.5, 0.6) is 23.0 Å². The van der Waals surface area contributed by atoms with Gasteiger partial charge >= 0.3 is 0 Å². The Kier molecular flexibility index (Phi) is 6.59. The molecule has 0 amide bonds. The molecule has 1 unspecified atom stereocenters. The molecule has 9 heteroatoms. The van der Waals surface area contributed by atoms with Gasteiger partial charge in [0.15, 0.2) is 34.9 Å². The summed E-state index contributed by atoms with van der Waals surface area (Å²) < 4.78 is 25.3. The predicted octanol–water partition coefficient (Wildman–Crippen LogP) is 4.03. The second-order valence-electron chi connectivity index (χ2n) is 8.61. The van der Waals surface area contributed by atoms with Gasteiger partial charge in [-0.3, -0.25) is 4.79 Å². The van der Waals surface area contributed by atoms with Gasteiger partial charge in [0.2, 0.25) is 4.96 Å². The number of hydrogen-bond donors (Lipinski definition) is 0. The monoisotopic (exact) mass is 493 g/mol. The topological polar surface area (TPSA) is 84.2 Å². The molecule has 182 valence electrons. The molecule has 8 nitrogen and oxygen atoms in total. The van der Waals surface area contributed by atoms with E-state index in [0.29, 0.717) is 57.4 Å². The Labute approximate surface area is 206 Å². The molecule has 0 spiro atoms. The Hall–Kier alpha value is -3.59. The van der Waals surface area contributed by atoms with Gasteiger partial charge in [-0.15, -0.1) is 5.10 Å². The SMILES string of the molecule is CCOc1cc(/C=c2\sc3nc(C4COc5ccccc5O4)nn3c2=O)ccc1OCCC(C)C. The predicted molar refractivity (Wildman–Crippen MR) is 134 cm³/mol. The van der Waals surface area contributed by atoms with Gasteiger partial charge in [-0.05, 0) is 55.2 Å². The number of fused-ring (bicyclic) bond motifs is 2. The number of benzene rings is 2. The molecular weight excluding hydrogens is 466 g/mol. The standard InChI is InChI=1S/C26H27N3O5S/c1-4-31-21-13-17(9-10-19(21)32-12-11-16(2)3)14-23-25(30)29-26(35-23)27-24(28-29)22-15-33-18-7-5-6-8-20(18)34-22/h5-10,13-14,16,22H,4,11-12,15H2,1-3H3/b23-14-. The van der Waals surface area contributed by atoms with Crippen molar-refractivity contribution < 1.29 is 18.9 Å². The quantitative estimate of drug-likeness (QED) is 0.366. The lowest BCUT2D eigenvalue weighted by Gasteiger charge is -2.24. The van der Waals surface area contributed by atoms with Crippen molar-refractivity contribution in [1.29, 1.82) is 0 Å². The molecule has 1 atom stereocenters. The molecule has 4 aromatic rings. The Balaban J connectivity index is 1.39. The summed E-state index contributed by atoms with van der Waals surface area (Å²) in [7, 11) is 0. The third-order valence-corrected chi connectivity index (χ3v) is 6.47. The lowest BCUT2D eigenvalue weighted by Crippen LogP contribution is -2.26. The molecule has 0 N–H and O–H groups in total. The van der Waals surface area contributed by atoms with Crippen LogP contribution in [-0.2, 0) is 0 Å². The van der Waals surface area contributed by atoms with Crippen molar-refractivity contribution in [3.63, 3.8) is 0 Å². The first-order chi connectivity index (χ1) is 17.0. The number of thiazole rings is 1. The highest BCUT2D eigenvalue weighted by molar-refractivity contribution is 7.15. The van der Waals surface area contributed by atoms with Crippen LogP contribution in [0, 0.1) is 5.92 Å². The third-order valence-electron chi connectivity index (χ3n) is 5.51. The molecule has 3 heterocycles. The van der Waals surface area contributed by atoms with Gasteiger partial charge in [0.1, 0.15) is 6.61 Å². The van der Waals surface area contributed by atoms with Crippen LogP contribution in [0.3, 0.4) is 0 Å². The van der Waals surface area contributed by atoms with E-state index in [2.05, 4.69) is 23.9 Å². The van der Waals surface area contributed by atoms with Gasteiger partial charge in [0, 0.05) is 0 Å². The molecule has 0 aliphatic carbocycles. The van der Waals surface area contributed by atoms with Crippen molar-refractivity contribution >= 4 is 22.4 Å². The third kappa shape index (κ3) is 4.95. The first kappa shape index (κ1) is 23.2. The maximum absolute atomic E-state index is 13.0. The highest BCUT2D eigenvalue weighted by Crippen LogP contribution is 2.35. The van der Waals surface area contributed by atoms with Crippen LogP contribution in [0.2, 0.25) is 0 Å². The summed E-state index contributed by atoms with van der Waals surface area (Å²) in [5, 5.41) is 4.41. The lowest BCUT2D eigenvalue weighted by atomic mass is 10.1. The molecule has 5 rings (SSSR count). The molecule has 0 radical (unpaired) electrons. The fraction of sp³-hybridized carbons (Fsp3) is 0.346. The zero-order chi connectivity index (χ0) is 24.4. The summed E-state index contributed by atoms with van der Waals surface area (Å²) in [6, 6.07) is 13.1. The number of aromatic nitrogens is 3. The zero-order valence-corrected chi connectivity index (χ0v) is 20.7. The van der Waals surface area contributed by atoms with E-state index in [1.807, 2.05) is 55.5 Å². The van der Waals surface area contributed by atoms with E-state index in [-0.39, 0.29) is 12.2 Å². The van der Waals surface area contributed by atoms with E-state index in [9.17, 15) is 4.79 Å². The maximum atomic E-state index is 13.0. The smallest absolute Gasteiger partial charge is 0.291 e. The van der Waals surface area contributed by atoms with Crippen molar-refractivity contribution in [2.45, 2.75) is 33.3 Å². The van der Waals surface area contributed by atoms with E-state index in [1.165, 1.54) is 15.9 Å². The van der Waals surface area contributed by atoms with Crippen LogP contribution < -0.4 is 29.0 Å². The van der Waals surface area contributed by atoms with Crippen molar-refractivity contribution in [2.75, 3.05) is 19.8 Å². The molecule has 2 aromatic heterocycles. The molecule has 0 fully saturated rings. The average Bonchev–Trinajstić information content (AvgIpc) is 3.39. The number of rotatable bonds is 8. The number of nitrogens with zero attached hydrogens (tertiary/aromatic N) is 3. The molecule has 35 heavy (non-hydrogen) atoms. The van der Waals surface area contributed by atoms with Crippen molar-refractivity contribution in [2.24, 2.45) is 5.92 Å². The van der Waals surface area contributed by atoms with Crippen LogP contribution in [0.1, 0.15) is 44.7 Å². The van der Waals surface area contributed by atoms with E-state index < -0.39 is 6.10 Å². The van der Waals surface area contributed by atoms with E-state index >= 15 is 0 Å². The summed E-state index contributed by atoms with van der Waals surface area (Å²) >= 11 is 1.28. The highest BCUT2D eigenvalue weighted by atomic mass is 32.1. The average molecular weight is 494 g/mol. The van der Waals surface area contributed by atoms with E-state index in [0.717, 1.165) is 12.0 Å². The van der Waals surface area contributed by atoms with Gasteiger partial charge in [-0.25, -0.2) is 0 Å². The van der Waals surface area contributed by atoms with Crippen molar-refractivity contribution in [3.8, 4) is 23.0 Å². The summed E-state index contributed by atoms with van der Waals surface area (Å²) in [6.45, 7) is 7.69. The minimum atomic E-state index is -0.471. The second kappa shape index (κ2) is 9.95. The first-order valence-corrected chi connectivity index (χ1v) is 12.5. The van der Waals surface area contributed by atoms with Crippen molar-refractivity contribution in [3.05, 3.63) is 68.7 Å². The van der Waals surface area contributed by atoms with Crippen molar-refractivity contribution in [1.82, 2.24) is 14.6 Å². The number of hydrogen-bond acceptors (Lipinski definition) is 8. The normalized spacial score (nSPS) is 15.7. The molecule has 2 aromatic carbocycles. The first-order valence-electron chi connectivity index (χ1n) is 11.7. The van der Waals surface area contributed by atoms with Crippen LogP contribution in [0.4, 0.5) is 0 Å². The fourth-order valence-corrected chi connectivity index (χ4v) is 4.60. The largest absolute Gasteiger partial charge is 0.490 e. The minimum Gasteiger partial charge on any atom is -0.490 e. The number of ether oxygens (including phenoxy) is 4. The Morgan fingerprint density at radius 2 is 2.00 bits per heavy atom. The van der Waals surface area contributed by atoms with Gasteiger partial charge < -0.3 is 18.9 Å². The van der Waals surface area contributed by atoms with Crippen LogP contribution in [0.15, 0.2) is 47.3 Å². The minimum absolute atomic E-state index is 0.226. The van der Waals surface area contributed by atoms with Crippen LogP contribution in [0.25, 0.3) is 11.0 Å². The molecule has 0 saturated carbocycles. The van der Waals surface area contributed by atoms with Crippen LogP contribution in [-0.4, -0.2) is 34.4 Å². The summed E-state index contributed by atoms with van der Waals surface area (Å²) in [5.41, 5.74) is 0.614. The van der Waals surface area contributed by atoms with E-state index in [1.54, 1.807) is 0 Å². The fourth-order valence-electron chi connectivity index (χ4n) is 3.69. The molecule has 0 bridgehead atoms. The number of para-hydroxylation sites is 2. The summed E-state index contributed by atoms with van der Waals surface area (Å²) in [5.74, 6) is 3.68. The molecule has 0 saturated heterocycles. The summed E-state index contributed by atoms with van der Waals surface area (Å²) in [6.07, 6.45) is 2.31. The lowest BCUT2D eigenvalue weighted by molar-refractivity contribution is 0.0852. The highest BCUT2D eigenvalue weighted by Gasteiger charge is 2.27. The van der Waals surface area contributed by atoms with Gasteiger partial charge in [0.25, 0.3) is 5.56 Å². The Morgan fingerprint density at radius 1 is 1.17 bits per heavy atom. The van der Waals surface area contributed by atoms with E-state index in [4.69, 9.17) is 18.9 Å². The van der Waals surface area contributed by atoms with Gasteiger partial charge in [0.05, 0.1) is 17.7 Å². The molecule has 1 aliphatic rings. The Bertz CT molecular complexity index is 1450. The maximum Gasteiger partial charge on any atom is 0.291 e. The second-order valence-corrected chi connectivity index (χ2v) is 9.62. The molecular formula is C26H27N3O5S. The zero-order valence-electron chi connectivity index (χ0n) is 19.9. The summed E-state index contributed by atoms with van der Waals surface area (Å²) in [4.78, 5) is 18.1. The Morgan fingerprint density at radius 3 is 2.77 bits per heavy atom. The molecule has 1 aliphatic heterocycles. The van der Waals surface area contributed by atoms with Gasteiger partial charge in [-0.2, -0.15) is 9.50 Å².